The highest BCUT2D eigenvalue weighted by atomic mass is 16.5. The van der Waals surface area contributed by atoms with E-state index in [0.29, 0.717) is 17.1 Å². The third-order valence-corrected chi connectivity index (χ3v) is 5.83. The largest absolute Gasteiger partial charge is 0.493 e. The van der Waals surface area contributed by atoms with Crippen LogP contribution in [0, 0.1) is 0 Å². The Morgan fingerprint density at radius 1 is 1.00 bits per heavy atom. The summed E-state index contributed by atoms with van der Waals surface area (Å²) in [5.74, 6) is 1.61. The molecule has 1 heterocycles. The number of carbonyl (C=O) groups excluding carboxylic acids is 1. The number of amides is 1. The molecule has 5 nitrogen and oxygen atoms in total. The number of hydrogen-bond donors (Lipinski definition) is 1. The second kappa shape index (κ2) is 11.5. The van der Waals surface area contributed by atoms with Gasteiger partial charge in [-0.3, -0.25) is 9.78 Å². The quantitative estimate of drug-likeness (QED) is 0.413. The predicted molar refractivity (Wildman–Crippen MR) is 133 cm³/mol. The molecule has 0 saturated carbocycles. The minimum absolute atomic E-state index is 0.0374. The van der Waals surface area contributed by atoms with Crippen LogP contribution >= 0.6 is 0 Å². The van der Waals surface area contributed by atoms with Crippen molar-refractivity contribution in [2.45, 2.75) is 52.0 Å². The van der Waals surface area contributed by atoms with Crippen molar-refractivity contribution in [3.05, 3.63) is 77.6 Å². The number of ether oxygens (including phenoxy) is 2. The Kier molecular flexibility index (Phi) is 8.47. The topological polar surface area (TPSA) is 60.5 Å². The molecule has 3 aromatic rings. The summed E-state index contributed by atoms with van der Waals surface area (Å²) in [5, 5.41) is 3.15. The van der Waals surface area contributed by atoms with Gasteiger partial charge < -0.3 is 14.8 Å². The molecule has 0 fully saturated rings. The minimum Gasteiger partial charge on any atom is -0.493 e. The van der Waals surface area contributed by atoms with Crippen LogP contribution in [0.2, 0.25) is 0 Å². The Bertz CT molecular complexity index is 1060. The molecule has 1 aromatic heterocycles. The van der Waals surface area contributed by atoms with Crippen molar-refractivity contribution in [1.82, 2.24) is 10.3 Å². The molecule has 0 radical (unpaired) electrons. The second-order valence-corrected chi connectivity index (χ2v) is 8.65. The maximum Gasteiger partial charge on any atom is 0.251 e. The number of aromatic nitrogens is 1. The smallest absolute Gasteiger partial charge is 0.251 e. The Morgan fingerprint density at radius 3 is 2.45 bits per heavy atom. The van der Waals surface area contributed by atoms with Gasteiger partial charge in [-0.15, -0.1) is 0 Å². The SMILES string of the molecule is COc1ccc(-c2ccc(C(=O)NC(C)CCCc3cccnc3)cc2C(C)C)cc1OC. The number of nitrogens with one attached hydrogen (secondary N) is 1. The molecule has 0 bridgehead atoms. The number of carbonyl (C=O) groups is 1. The molecule has 2 aromatic carbocycles. The van der Waals surface area contributed by atoms with E-state index in [4.69, 9.17) is 9.47 Å². The van der Waals surface area contributed by atoms with Crippen LogP contribution in [0.4, 0.5) is 0 Å². The second-order valence-electron chi connectivity index (χ2n) is 8.65. The van der Waals surface area contributed by atoms with Crippen molar-refractivity contribution in [2.75, 3.05) is 14.2 Å². The van der Waals surface area contributed by atoms with Gasteiger partial charge in [0.05, 0.1) is 14.2 Å². The van der Waals surface area contributed by atoms with Gasteiger partial charge in [-0.25, -0.2) is 0 Å². The van der Waals surface area contributed by atoms with Crippen LogP contribution in [-0.4, -0.2) is 31.2 Å². The zero-order valence-electron chi connectivity index (χ0n) is 20.2. The van der Waals surface area contributed by atoms with Crippen molar-refractivity contribution in [3.63, 3.8) is 0 Å². The fourth-order valence-electron chi connectivity index (χ4n) is 3.99. The summed E-state index contributed by atoms with van der Waals surface area (Å²) < 4.78 is 10.8. The van der Waals surface area contributed by atoms with Gasteiger partial charge in [0, 0.05) is 24.0 Å². The van der Waals surface area contributed by atoms with E-state index in [1.165, 1.54) is 5.56 Å². The van der Waals surface area contributed by atoms with Crippen molar-refractivity contribution in [2.24, 2.45) is 0 Å². The molecule has 0 saturated heterocycles. The van der Waals surface area contributed by atoms with E-state index in [1.54, 1.807) is 20.4 Å². The van der Waals surface area contributed by atoms with Gasteiger partial charge in [-0.1, -0.05) is 32.0 Å². The first-order valence-electron chi connectivity index (χ1n) is 11.5. The third-order valence-electron chi connectivity index (χ3n) is 5.83. The molecule has 174 valence electrons. The molecule has 1 unspecified atom stereocenters. The highest BCUT2D eigenvalue weighted by molar-refractivity contribution is 5.95. The maximum absolute atomic E-state index is 12.9. The summed E-state index contributed by atoms with van der Waals surface area (Å²) in [4.78, 5) is 17.1. The number of benzene rings is 2. The molecular weight excluding hydrogens is 412 g/mol. The molecule has 0 aliphatic rings. The van der Waals surface area contributed by atoms with Crippen molar-refractivity contribution in [3.8, 4) is 22.6 Å². The van der Waals surface area contributed by atoms with Crippen LogP contribution in [-0.2, 0) is 6.42 Å². The van der Waals surface area contributed by atoms with Crippen LogP contribution in [0.3, 0.4) is 0 Å². The number of nitrogens with zero attached hydrogens (tertiary/aromatic N) is 1. The number of hydrogen-bond acceptors (Lipinski definition) is 4. The molecule has 1 N–H and O–H groups in total. The molecule has 1 atom stereocenters. The molecular formula is C28H34N2O3. The highest BCUT2D eigenvalue weighted by Gasteiger charge is 2.16. The van der Waals surface area contributed by atoms with Crippen LogP contribution < -0.4 is 14.8 Å². The molecule has 5 heteroatoms. The fraction of sp³-hybridized carbons (Fsp3) is 0.357. The zero-order valence-corrected chi connectivity index (χ0v) is 20.2. The van der Waals surface area contributed by atoms with Crippen molar-refractivity contribution in [1.29, 1.82) is 0 Å². The zero-order chi connectivity index (χ0) is 23.8. The number of rotatable bonds is 10. The van der Waals surface area contributed by atoms with Crippen molar-refractivity contribution >= 4 is 5.91 Å². The van der Waals surface area contributed by atoms with E-state index in [9.17, 15) is 4.79 Å². The predicted octanol–water partition coefficient (Wildman–Crippen LogP) is 6.03. The van der Waals surface area contributed by atoms with Gasteiger partial charge in [-0.2, -0.15) is 0 Å². The Hall–Kier alpha value is -3.34. The van der Waals surface area contributed by atoms with E-state index in [1.807, 2.05) is 48.7 Å². The summed E-state index contributed by atoms with van der Waals surface area (Å²) in [7, 11) is 3.26. The maximum atomic E-state index is 12.9. The lowest BCUT2D eigenvalue weighted by Gasteiger charge is -2.18. The lowest BCUT2D eigenvalue weighted by atomic mass is 9.90. The Balaban J connectivity index is 1.71. The molecule has 33 heavy (non-hydrogen) atoms. The average molecular weight is 447 g/mol. The van der Waals surface area contributed by atoms with Gasteiger partial charge in [0.1, 0.15) is 0 Å². The average Bonchev–Trinajstić information content (AvgIpc) is 2.83. The molecule has 1 amide bonds. The lowest BCUT2D eigenvalue weighted by molar-refractivity contribution is 0.0938. The summed E-state index contributed by atoms with van der Waals surface area (Å²) in [6, 6.07) is 16.0. The van der Waals surface area contributed by atoms with E-state index in [-0.39, 0.29) is 17.9 Å². The minimum atomic E-state index is -0.0374. The first kappa shape index (κ1) is 24.3. The summed E-state index contributed by atoms with van der Waals surface area (Å²) in [6.45, 7) is 6.34. The summed E-state index contributed by atoms with van der Waals surface area (Å²) in [6.07, 6.45) is 6.57. The lowest BCUT2D eigenvalue weighted by Crippen LogP contribution is -2.32. The van der Waals surface area contributed by atoms with Gasteiger partial charge >= 0.3 is 0 Å². The van der Waals surface area contributed by atoms with E-state index in [0.717, 1.165) is 36.0 Å². The summed E-state index contributed by atoms with van der Waals surface area (Å²) in [5.41, 5.74) is 5.16. The van der Waals surface area contributed by atoms with Crippen LogP contribution in [0.15, 0.2) is 60.9 Å². The van der Waals surface area contributed by atoms with Crippen LogP contribution in [0.5, 0.6) is 11.5 Å². The molecule has 0 aliphatic carbocycles. The Labute approximate surface area is 197 Å². The third kappa shape index (κ3) is 6.35. The fourth-order valence-corrected chi connectivity index (χ4v) is 3.99. The van der Waals surface area contributed by atoms with Gasteiger partial charge in [0.15, 0.2) is 11.5 Å². The van der Waals surface area contributed by atoms with E-state index < -0.39 is 0 Å². The molecule has 0 spiro atoms. The summed E-state index contributed by atoms with van der Waals surface area (Å²) >= 11 is 0. The normalized spacial score (nSPS) is 11.8. The van der Waals surface area contributed by atoms with E-state index >= 15 is 0 Å². The van der Waals surface area contributed by atoms with Gasteiger partial charge in [0.2, 0.25) is 0 Å². The first-order chi connectivity index (χ1) is 15.9. The van der Waals surface area contributed by atoms with Gasteiger partial charge in [-0.05, 0) is 84.7 Å². The van der Waals surface area contributed by atoms with Crippen LogP contribution in [0.25, 0.3) is 11.1 Å². The number of methoxy groups -OCH3 is 2. The van der Waals surface area contributed by atoms with Crippen molar-refractivity contribution < 1.29 is 14.3 Å². The first-order valence-corrected chi connectivity index (χ1v) is 11.5. The standard InChI is InChI=1S/C28H34N2O3/c1-19(2)25-16-23(11-13-24(25)22-12-14-26(32-4)27(17-22)33-5)28(31)30-20(3)8-6-9-21-10-7-15-29-18-21/h7,10-20H,6,8-9H2,1-5H3,(H,30,31). The monoisotopic (exact) mass is 446 g/mol. The Morgan fingerprint density at radius 2 is 1.79 bits per heavy atom. The number of pyridine rings is 1. The number of aryl methyl sites for hydroxylation is 1. The van der Waals surface area contributed by atoms with E-state index in [2.05, 4.69) is 37.1 Å². The molecule has 0 aliphatic heterocycles. The highest BCUT2D eigenvalue weighted by Crippen LogP contribution is 2.36. The van der Waals surface area contributed by atoms with Crippen LogP contribution in [0.1, 0.15) is 61.0 Å². The van der Waals surface area contributed by atoms with Gasteiger partial charge in [0.25, 0.3) is 5.91 Å². The molecule has 3 rings (SSSR count).